The number of carbonyl (C=O) groups is 2. The number of hydrogen-bond acceptors (Lipinski definition) is 5. The lowest BCUT2D eigenvalue weighted by molar-refractivity contribution is 0.0592. The van der Waals surface area contributed by atoms with Crippen LogP contribution < -0.4 is 0 Å². The zero-order chi connectivity index (χ0) is 18.4. The molecule has 134 valence electrons. The summed E-state index contributed by atoms with van der Waals surface area (Å²) in [6.45, 7) is 8.53. The highest BCUT2D eigenvalue weighted by atomic mass is 16.5. The molecule has 5 nitrogen and oxygen atoms in total. The molecule has 0 aliphatic heterocycles. The minimum absolute atomic E-state index is 0.00698. The summed E-state index contributed by atoms with van der Waals surface area (Å²) >= 11 is 0. The van der Waals surface area contributed by atoms with Gasteiger partial charge in [-0.3, -0.25) is 0 Å². The number of phenols is 1. The van der Waals surface area contributed by atoms with Crippen LogP contribution in [0, 0.1) is 11.8 Å². The van der Waals surface area contributed by atoms with Crippen molar-refractivity contribution in [2.24, 2.45) is 11.8 Å². The molecule has 0 saturated carbocycles. The number of aromatic hydroxyl groups is 1. The maximum absolute atomic E-state index is 12.0. The van der Waals surface area contributed by atoms with Crippen LogP contribution in [0.25, 0.3) is 0 Å². The first-order valence-electron chi connectivity index (χ1n) is 8.30. The van der Waals surface area contributed by atoms with Gasteiger partial charge in [0.1, 0.15) is 16.9 Å². The van der Waals surface area contributed by atoms with E-state index in [0.29, 0.717) is 11.8 Å². The third-order valence-corrected chi connectivity index (χ3v) is 4.43. The van der Waals surface area contributed by atoms with Crippen molar-refractivity contribution >= 4 is 11.9 Å². The Kier molecular flexibility index (Phi) is 7.26. The number of ether oxygens (including phenoxy) is 2. The summed E-state index contributed by atoms with van der Waals surface area (Å²) < 4.78 is 9.47. The van der Waals surface area contributed by atoms with E-state index in [1.807, 2.05) is 0 Å². The zero-order valence-corrected chi connectivity index (χ0v) is 15.4. The van der Waals surface area contributed by atoms with Gasteiger partial charge < -0.3 is 14.6 Å². The first-order chi connectivity index (χ1) is 11.3. The van der Waals surface area contributed by atoms with Crippen molar-refractivity contribution < 1.29 is 24.2 Å². The second kappa shape index (κ2) is 8.71. The van der Waals surface area contributed by atoms with E-state index in [1.54, 1.807) is 12.1 Å². The average Bonchev–Trinajstić information content (AvgIpc) is 2.57. The van der Waals surface area contributed by atoms with E-state index in [-0.39, 0.29) is 17.0 Å². The van der Waals surface area contributed by atoms with Crippen LogP contribution in [0.5, 0.6) is 5.75 Å². The Morgan fingerprint density at radius 1 is 1.04 bits per heavy atom. The van der Waals surface area contributed by atoms with Crippen LogP contribution in [-0.2, 0) is 9.47 Å². The van der Waals surface area contributed by atoms with Crippen molar-refractivity contribution in [3.8, 4) is 5.75 Å². The number of rotatable bonds is 7. The van der Waals surface area contributed by atoms with Gasteiger partial charge in [-0.25, -0.2) is 9.59 Å². The Morgan fingerprint density at radius 3 is 1.83 bits per heavy atom. The molecule has 1 aromatic carbocycles. The van der Waals surface area contributed by atoms with Gasteiger partial charge in [0.25, 0.3) is 0 Å². The van der Waals surface area contributed by atoms with Gasteiger partial charge in [0.2, 0.25) is 0 Å². The number of hydrogen-bond donors (Lipinski definition) is 1. The molecule has 1 N–H and O–H groups in total. The Labute approximate surface area is 144 Å². The van der Waals surface area contributed by atoms with Gasteiger partial charge in [0, 0.05) is 0 Å². The summed E-state index contributed by atoms with van der Waals surface area (Å²) in [6.07, 6.45) is 1.89. The molecular formula is C19H28O5. The summed E-state index contributed by atoms with van der Waals surface area (Å²) in [5.41, 5.74) is 0.830. The quantitative estimate of drug-likeness (QED) is 0.758. The van der Waals surface area contributed by atoms with Crippen molar-refractivity contribution in [3.05, 3.63) is 28.8 Å². The SMILES string of the molecule is CCC(C)C(CC(C)C)c1cc(C(=O)OC)c(O)c(C(=O)OC)c1. The van der Waals surface area contributed by atoms with Crippen molar-refractivity contribution in [2.45, 2.75) is 46.5 Å². The predicted molar refractivity (Wildman–Crippen MR) is 92.4 cm³/mol. The molecule has 2 atom stereocenters. The van der Waals surface area contributed by atoms with E-state index in [2.05, 4.69) is 27.7 Å². The van der Waals surface area contributed by atoms with Gasteiger partial charge >= 0.3 is 11.9 Å². The molecule has 1 rings (SSSR count). The minimum Gasteiger partial charge on any atom is -0.506 e. The maximum atomic E-state index is 12.0. The van der Waals surface area contributed by atoms with Crippen LogP contribution in [0.15, 0.2) is 12.1 Å². The van der Waals surface area contributed by atoms with E-state index in [9.17, 15) is 14.7 Å². The molecule has 0 aromatic heterocycles. The molecule has 0 heterocycles. The molecule has 0 aliphatic rings. The van der Waals surface area contributed by atoms with Gasteiger partial charge in [-0.2, -0.15) is 0 Å². The third kappa shape index (κ3) is 4.49. The Morgan fingerprint density at radius 2 is 1.50 bits per heavy atom. The van der Waals surface area contributed by atoms with E-state index in [0.717, 1.165) is 18.4 Å². The zero-order valence-electron chi connectivity index (χ0n) is 15.4. The normalized spacial score (nSPS) is 13.5. The summed E-state index contributed by atoms with van der Waals surface area (Å²) in [6, 6.07) is 3.26. The van der Waals surface area contributed by atoms with E-state index in [4.69, 9.17) is 9.47 Å². The largest absolute Gasteiger partial charge is 0.506 e. The van der Waals surface area contributed by atoms with Gasteiger partial charge in [-0.05, 0) is 41.9 Å². The van der Waals surface area contributed by atoms with Crippen LogP contribution >= 0.6 is 0 Å². The minimum atomic E-state index is -0.674. The fourth-order valence-electron chi connectivity index (χ4n) is 2.89. The van der Waals surface area contributed by atoms with E-state index in [1.165, 1.54) is 14.2 Å². The molecule has 0 fully saturated rings. The van der Waals surface area contributed by atoms with Crippen molar-refractivity contribution in [1.82, 2.24) is 0 Å². The molecule has 0 spiro atoms. The summed E-state index contributed by atoms with van der Waals surface area (Å²) in [4.78, 5) is 24.0. The number of benzene rings is 1. The first kappa shape index (κ1) is 20.0. The van der Waals surface area contributed by atoms with Crippen LogP contribution in [0.4, 0.5) is 0 Å². The van der Waals surface area contributed by atoms with Crippen molar-refractivity contribution in [1.29, 1.82) is 0 Å². The van der Waals surface area contributed by atoms with E-state index < -0.39 is 17.7 Å². The number of phenolic OH excluding ortho intramolecular Hbond substituents is 1. The molecule has 5 heteroatoms. The number of carbonyl (C=O) groups excluding carboxylic acids is 2. The molecule has 0 radical (unpaired) electrons. The topological polar surface area (TPSA) is 72.8 Å². The van der Waals surface area contributed by atoms with Gasteiger partial charge in [0.15, 0.2) is 0 Å². The Hall–Kier alpha value is -2.04. The van der Waals surface area contributed by atoms with Gasteiger partial charge in [-0.1, -0.05) is 34.1 Å². The molecule has 0 amide bonds. The molecule has 2 unspecified atom stereocenters. The molecular weight excluding hydrogens is 308 g/mol. The average molecular weight is 336 g/mol. The number of esters is 2. The second-order valence-corrected chi connectivity index (χ2v) is 6.57. The highest BCUT2D eigenvalue weighted by Crippen LogP contribution is 2.37. The van der Waals surface area contributed by atoms with Crippen LogP contribution in [0.2, 0.25) is 0 Å². The Balaban J connectivity index is 3.54. The van der Waals surface area contributed by atoms with Crippen LogP contribution in [0.1, 0.15) is 72.7 Å². The third-order valence-electron chi connectivity index (χ3n) is 4.43. The highest BCUT2D eigenvalue weighted by molar-refractivity contribution is 6.00. The first-order valence-corrected chi connectivity index (χ1v) is 8.30. The van der Waals surface area contributed by atoms with Gasteiger partial charge in [0.05, 0.1) is 14.2 Å². The highest BCUT2D eigenvalue weighted by Gasteiger charge is 2.26. The van der Waals surface area contributed by atoms with Gasteiger partial charge in [-0.15, -0.1) is 0 Å². The lowest BCUT2D eigenvalue weighted by atomic mass is 9.79. The summed E-state index contributed by atoms with van der Waals surface area (Å²) in [7, 11) is 2.49. The maximum Gasteiger partial charge on any atom is 0.341 e. The van der Waals surface area contributed by atoms with E-state index >= 15 is 0 Å². The second-order valence-electron chi connectivity index (χ2n) is 6.57. The fourth-order valence-corrected chi connectivity index (χ4v) is 2.89. The molecule has 1 aromatic rings. The molecule has 0 bridgehead atoms. The monoisotopic (exact) mass is 336 g/mol. The smallest absolute Gasteiger partial charge is 0.341 e. The molecule has 0 saturated heterocycles. The standard InChI is InChI=1S/C19H28O5/c1-7-12(4)14(8-11(2)3)13-9-15(18(21)23-5)17(20)16(10-13)19(22)24-6/h9-12,14,20H,7-8H2,1-6H3. The lowest BCUT2D eigenvalue weighted by Crippen LogP contribution is -2.15. The summed E-state index contributed by atoms with van der Waals surface area (Å²) in [5.74, 6) is -0.750. The predicted octanol–water partition coefficient (Wildman–Crippen LogP) is 4.14. The fraction of sp³-hybridized carbons (Fsp3) is 0.579. The summed E-state index contributed by atoms with van der Waals surface area (Å²) in [5, 5.41) is 10.3. The molecule has 24 heavy (non-hydrogen) atoms. The van der Waals surface area contributed by atoms with Crippen LogP contribution in [0.3, 0.4) is 0 Å². The Bertz CT molecular complexity index is 554. The lowest BCUT2D eigenvalue weighted by Gasteiger charge is -2.26. The van der Waals surface area contributed by atoms with Crippen molar-refractivity contribution in [2.75, 3.05) is 14.2 Å². The van der Waals surface area contributed by atoms with Crippen molar-refractivity contribution in [3.63, 3.8) is 0 Å². The van der Waals surface area contributed by atoms with Crippen LogP contribution in [-0.4, -0.2) is 31.3 Å². The molecule has 0 aliphatic carbocycles. The number of methoxy groups -OCH3 is 2.